The van der Waals surface area contributed by atoms with E-state index < -0.39 is 0 Å². The van der Waals surface area contributed by atoms with Crippen molar-refractivity contribution in [2.24, 2.45) is 0 Å². The molecule has 0 aromatic heterocycles. The maximum Gasteiger partial charge on any atom is -0.0136 e. The van der Waals surface area contributed by atoms with Crippen molar-refractivity contribution >= 4 is 0 Å². The molecule has 0 N–H and O–H groups in total. The van der Waals surface area contributed by atoms with Gasteiger partial charge in [-0.2, -0.15) is 0 Å². The molecule has 0 unspecified atom stereocenters. The Hall–Kier alpha value is -1.04. The van der Waals surface area contributed by atoms with Crippen molar-refractivity contribution < 1.29 is 0 Å². The lowest BCUT2D eigenvalue weighted by molar-refractivity contribution is 1.17. The molecule has 0 saturated carbocycles. The molecule has 0 aliphatic carbocycles. The molecule has 0 radical (unpaired) electrons. The third-order valence-corrected chi connectivity index (χ3v) is 2.55. The van der Waals surface area contributed by atoms with Crippen molar-refractivity contribution in [1.82, 2.24) is 0 Å². The highest BCUT2D eigenvalue weighted by Crippen LogP contribution is 2.07. The van der Waals surface area contributed by atoms with Crippen LogP contribution in [0.15, 0.2) is 47.1 Å². The van der Waals surface area contributed by atoms with E-state index in [0.29, 0.717) is 0 Å². The smallest absolute Gasteiger partial charge is 0.0136 e. The lowest BCUT2D eigenvalue weighted by atomic mass is 10.1. The largest absolute Gasteiger partial charge is 0.0884 e. The Morgan fingerprint density at radius 3 is 1.93 bits per heavy atom. The zero-order chi connectivity index (χ0) is 11.7. The van der Waals surface area contributed by atoms with E-state index in [4.69, 9.17) is 0 Å². The van der Waals surface area contributed by atoms with Crippen LogP contribution < -0.4 is 0 Å². The molecule has 0 bridgehead atoms. The van der Waals surface area contributed by atoms with Crippen LogP contribution >= 0.6 is 0 Å². The van der Waals surface area contributed by atoms with Gasteiger partial charge in [-0.05, 0) is 47.5 Å². The predicted molar refractivity (Wildman–Crippen MR) is 71.0 cm³/mol. The maximum absolute atomic E-state index is 2.27. The van der Waals surface area contributed by atoms with Gasteiger partial charge in [-0.3, -0.25) is 0 Å². The minimum Gasteiger partial charge on any atom is -0.0884 e. The quantitative estimate of drug-likeness (QED) is 0.426. The van der Waals surface area contributed by atoms with E-state index in [0.717, 1.165) is 12.8 Å². The van der Waals surface area contributed by atoms with E-state index >= 15 is 0 Å². The molecule has 0 aromatic rings. The van der Waals surface area contributed by atoms with Crippen molar-refractivity contribution in [2.75, 3.05) is 0 Å². The molecule has 0 atom stereocenters. The van der Waals surface area contributed by atoms with Crippen molar-refractivity contribution in [2.45, 2.75) is 47.5 Å². The standard InChI is InChI=1S/C15H24/c1-6-13(3)9-8-10-15(5)12-11-14(4)7-2/h6-8,10,12H,9,11H2,1-5H3. The van der Waals surface area contributed by atoms with Crippen molar-refractivity contribution in [3.8, 4) is 0 Å². The van der Waals surface area contributed by atoms with Gasteiger partial charge in [-0.1, -0.05) is 47.1 Å². The Bertz CT molecular complexity index is 285. The van der Waals surface area contributed by atoms with Gasteiger partial charge >= 0.3 is 0 Å². The summed E-state index contributed by atoms with van der Waals surface area (Å²) in [4.78, 5) is 0. The van der Waals surface area contributed by atoms with Crippen molar-refractivity contribution in [3.05, 3.63) is 47.1 Å². The van der Waals surface area contributed by atoms with Crippen LogP contribution in [0.3, 0.4) is 0 Å². The SMILES string of the molecule is CC=C(C)CC=CC(C)=CCC(C)=CC. The lowest BCUT2D eigenvalue weighted by Crippen LogP contribution is -1.75. The van der Waals surface area contributed by atoms with Gasteiger partial charge in [0.25, 0.3) is 0 Å². The Labute approximate surface area is 95.1 Å². The molecule has 0 aliphatic rings. The first-order valence-electron chi connectivity index (χ1n) is 5.67. The maximum atomic E-state index is 2.27. The summed E-state index contributed by atoms with van der Waals surface area (Å²) in [6, 6.07) is 0. The molecule has 0 aromatic carbocycles. The monoisotopic (exact) mass is 204 g/mol. The second-order valence-corrected chi connectivity index (χ2v) is 4.03. The second-order valence-electron chi connectivity index (χ2n) is 4.03. The molecule has 0 fully saturated rings. The summed E-state index contributed by atoms with van der Waals surface area (Å²) in [6.45, 7) is 10.7. The summed E-state index contributed by atoms with van der Waals surface area (Å²) in [7, 11) is 0. The van der Waals surface area contributed by atoms with Gasteiger partial charge in [-0.25, -0.2) is 0 Å². The first-order chi connectivity index (χ1) is 7.10. The zero-order valence-electron chi connectivity index (χ0n) is 10.8. The summed E-state index contributed by atoms with van der Waals surface area (Å²) in [5, 5.41) is 0. The summed E-state index contributed by atoms with van der Waals surface area (Å²) in [5.74, 6) is 0. The third-order valence-electron chi connectivity index (χ3n) is 2.55. The molecule has 0 nitrogen and oxygen atoms in total. The highest BCUT2D eigenvalue weighted by molar-refractivity contribution is 5.20. The lowest BCUT2D eigenvalue weighted by Gasteiger charge is -1.96. The summed E-state index contributed by atoms with van der Waals surface area (Å²) < 4.78 is 0. The average Bonchev–Trinajstić information content (AvgIpc) is 2.25. The van der Waals surface area contributed by atoms with Gasteiger partial charge in [0.2, 0.25) is 0 Å². The van der Waals surface area contributed by atoms with Gasteiger partial charge in [0.1, 0.15) is 0 Å². The zero-order valence-corrected chi connectivity index (χ0v) is 10.8. The highest BCUT2D eigenvalue weighted by Gasteiger charge is 1.86. The van der Waals surface area contributed by atoms with Crippen LogP contribution in [-0.4, -0.2) is 0 Å². The molecule has 0 saturated heterocycles. The first-order valence-corrected chi connectivity index (χ1v) is 5.67. The van der Waals surface area contributed by atoms with E-state index in [2.05, 4.69) is 65.0 Å². The number of hydrogen-bond acceptors (Lipinski definition) is 0. The predicted octanol–water partition coefficient (Wildman–Crippen LogP) is 5.20. The van der Waals surface area contributed by atoms with Crippen LogP contribution in [0.4, 0.5) is 0 Å². The van der Waals surface area contributed by atoms with E-state index in [1.165, 1.54) is 16.7 Å². The van der Waals surface area contributed by atoms with Crippen molar-refractivity contribution in [1.29, 1.82) is 0 Å². The van der Waals surface area contributed by atoms with Gasteiger partial charge < -0.3 is 0 Å². The molecule has 0 heteroatoms. The number of hydrogen-bond donors (Lipinski definition) is 0. The van der Waals surface area contributed by atoms with Crippen LogP contribution in [0, 0.1) is 0 Å². The molecule has 0 heterocycles. The first kappa shape index (κ1) is 14.0. The Kier molecular flexibility index (Phi) is 7.71. The number of rotatable bonds is 5. The van der Waals surface area contributed by atoms with Crippen LogP contribution in [-0.2, 0) is 0 Å². The summed E-state index contributed by atoms with van der Waals surface area (Å²) in [5.41, 5.74) is 4.19. The fourth-order valence-corrected chi connectivity index (χ4v) is 1.06. The van der Waals surface area contributed by atoms with E-state index in [1.54, 1.807) is 0 Å². The molecule has 0 spiro atoms. The summed E-state index contributed by atoms with van der Waals surface area (Å²) in [6.07, 6.45) is 13.2. The van der Waals surface area contributed by atoms with Crippen molar-refractivity contribution in [3.63, 3.8) is 0 Å². The number of allylic oxidation sites excluding steroid dienone is 8. The molecule has 0 amide bonds. The molecule has 84 valence electrons. The van der Waals surface area contributed by atoms with Gasteiger partial charge in [0.05, 0.1) is 0 Å². The van der Waals surface area contributed by atoms with Gasteiger partial charge in [0.15, 0.2) is 0 Å². The molecule has 15 heavy (non-hydrogen) atoms. The molecular formula is C15H24. The second kappa shape index (κ2) is 8.28. The Morgan fingerprint density at radius 1 is 0.867 bits per heavy atom. The van der Waals surface area contributed by atoms with E-state index in [9.17, 15) is 0 Å². The Balaban J connectivity index is 4.07. The topological polar surface area (TPSA) is 0 Å². The van der Waals surface area contributed by atoms with E-state index in [-0.39, 0.29) is 0 Å². The Morgan fingerprint density at radius 2 is 1.40 bits per heavy atom. The molecule has 0 aliphatic heterocycles. The highest BCUT2D eigenvalue weighted by atomic mass is 13.9. The average molecular weight is 204 g/mol. The van der Waals surface area contributed by atoms with Gasteiger partial charge in [-0.15, -0.1) is 0 Å². The van der Waals surface area contributed by atoms with Crippen LogP contribution in [0.25, 0.3) is 0 Å². The third kappa shape index (κ3) is 7.99. The molecular weight excluding hydrogens is 180 g/mol. The normalized spacial score (nSPS) is 15.1. The van der Waals surface area contributed by atoms with Crippen LogP contribution in [0.1, 0.15) is 47.5 Å². The van der Waals surface area contributed by atoms with Crippen LogP contribution in [0.5, 0.6) is 0 Å². The summed E-state index contributed by atoms with van der Waals surface area (Å²) >= 11 is 0. The van der Waals surface area contributed by atoms with E-state index in [1.807, 2.05) is 0 Å². The minimum absolute atomic E-state index is 1.06. The fraction of sp³-hybridized carbons (Fsp3) is 0.467. The van der Waals surface area contributed by atoms with Crippen LogP contribution in [0.2, 0.25) is 0 Å². The van der Waals surface area contributed by atoms with Gasteiger partial charge in [0, 0.05) is 0 Å². The molecule has 0 rings (SSSR count). The minimum atomic E-state index is 1.06. The fourth-order valence-electron chi connectivity index (χ4n) is 1.06.